The van der Waals surface area contributed by atoms with Crippen LogP contribution >= 0.6 is 0 Å². The Morgan fingerprint density at radius 3 is 2.35 bits per heavy atom. The Balaban J connectivity index is 1.59. The van der Waals surface area contributed by atoms with Crippen molar-refractivity contribution >= 4 is 29.9 Å². The van der Waals surface area contributed by atoms with Gasteiger partial charge in [0.1, 0.15) is 11.9 Å². The number of ether oxygens (including phenoxy) is 1. The lowest BCUT2D eigenvalue weighted by molar-refractivity contribution is -0.134. The van der Waals surface area contributed by atoms with Crippen LogP contribution in [0.3, 0.4) is 0 Å². The molecule has 2 fully saturated rings. The van der Waals surface area contributed by atoms with Crippen LogP contribution in [0.25, 0.3) is 0 Å². The van der Waals surface area contributed by atoms with Gasteiger partial charge < -0.3 is 14.4 Å². The summed E-state index contributed by atoms with van der Waals surface area (Å²) >= 11 is 0. The maximum atomic E-state index is 12.5. The minimum atomic E-state index is -0.608. The summed E-state index contributed by atoms with van der Waals surface area (Å²) in [6.45, 7) is 6.96. The van der Waals surface area contributed by atoms with Crippen LogP contribution in [0.4, 0.5) is 10.5 Å². The number of aldehydes is 1. The standard InChI is InChI=1S/C23H31N3O5/c1-23(2,3)31-22(30)26(14-15-27)18-10-12-25(13-11-18)17-6-4-16(5-7-17)19-8-9-20(28)24-21(19)29/h4-7,15,18-19H,8-14H2,1-3H3,(H,24,28,29). The van der Waals surface area contributed by atoms with Crippen molar-refractivity contribution in [3.63, 3.8) is 0 Å². The van der Waals surface area contributed by atoms with Crippen molar-refractivity contribution in [3.8, 4) is 0 Å². The van der Waals surface area contributed by atoms with E-state index in [-0.39, 0.29) is 30.3 Å². The molecule has 1 aromatic rings. The molecule has 0 aliphatic carbocycles. The number of anilines is 1. The van der Waals surface area contributed by atoms with E-state index in [1.165, 1.54) is 4.90 Å². The summed E-state index contributed by atoms with van der Waals surface area (Å²) < 4.78 is 5.46. The molecule has 31 heavy (non-hydrogen) atoms. The Morgan fingerprint density at radius 1 is 1.16 bits per heavy atom. The zero-order chi connectivity index (χ0) is 22.6. The molecule has 1 aromatic carbocycles. The molecule has 2 saturated heterocycles. The van der Waals surface area contributed by atoms with Crippen LogP contribution in [0.5, 0.6) is 0 Å². The van der Waals surface area contributed by atoms with Gasteiger partial charge in [-0.2, -0.15) is 0 Å². The Kier molecular flexibility index (Phi) is 6.97. The van der Waals surface area contributed by atoms with Gasteiger partial charge in [-0.3, -0.25) is 19.8 Å². The summed E-state index contributed by atoms with van der Waals surface area (Å²) in [5.74, 6) is -0.735. The number of hydrogen-bond donors (Lipinski definition) is 1. The highest BCUT2D eigenvalue weighted by atomic mass is 16.6. The molecule has 2 aliphatic heterocycles. The number of piperidine rings is 2. The predicted molar refractivity (Wildman–Crippen MR) is 116 cm³/mol. The zero-order valence-corrected chi connectivity index (χ0v) is 18.4. The van der Waals surface area contributed by atoms with Gasteiger partial charge in [-0.1, -0.05) is 12.1 Å². The van der Waals surface area contributed by atoms with E-state index < -0.39 is 11.7 Å². The van der Waals surface area contributed by atoms with Gasteiger partial charge in [0.05, 0.1) is 12.5 Å². The van der Waals surface area contributed by atoms with E-state index in [0.717, 1.165) is 43.5 Å². The highest BCUT2D eigenvalue weighted by Crippen LogP contribution is 2.28. The molecule has 168 valence electrons. The number of amides is 3. The number of nitrogens with zero attached hydrogens (tertiary/aromatic N) is 2. The summed E-state index contributed by atoms with van der Waals surface area (Å²) in [7, 11) is 0. The van der Waals surface area contributed by atoms with E-state index >= 15 is 0 Å². The molecule has 1 N–H and O–H groups in total. The SMILES string of the molecule is CC(C)(C)OC(=O)N(CC=O)C1CCN(c2ccc(C3CCC(=O)NC3=O)cc2)CC1. The number of carbonyl (C=O) groups is 4. The van der Waals surface area contributed by atoms with Crippen molar-refractivity contribution in [2.75, 3.05) is 24.5 Å². The number of benzene rings is 1. The van der Waals surface area contributed by atoms with Gasteiger partial charge in [0.15, 0.2) is 0 Å². The molecule has 0 radical (unpaired) electrons. The molecular formula is C23H31N3O5. The molecule has 3 rings (SSSR count). The topological polar surface area (TPSA) is 96.0 Å². The Bertz CT molecular complexity index is 823. The minimum absolute atomic E-state index is 0.0280. The van der Waals surface area contributed by atoms with Crippen molar-refractivity contribution in [1.82, 2.24) is 10.2 Å². The van der Waals surface area contributed by atoms with E-state index in [4.69, 9.17) is 4.74 Å². The molecule has 1 unspecified atom stereocenters. The monoisotopic (exact) mass is 429 g/mol. The van der Waals surface area contributed by atoms with Crippen LogP contribution in [0, 0.1) is 0 Å². The van der Waals surface area contributed by atoms with E-state index in [0.29, 0.717) is 12.8 Å². The van der Waals surface area contributed by atoms with Crippen LogP contribution in [-0.2, 0) is 19.1 Å². The molecule has 0 spiro atoms. The van der Waals surface area contributed by atoms with Crippen LogP contribution in [-0.4, -0.2) is 60.4 Å². The van der Waals surface area contributed by atoms with Gasteiger partial charge in [-0.15, -0.1) is 0 Å². The summed E-state index contributed by atoms with van der Waals surface area (Å²) in [4.78, 5) is 50.8. The fraction of sp³-hybridized carbons (Fsp3) is 0.565. The second-order valence-electron chi connectivity index (χ2n) is 9.11. The first kappa shape index (κ1) is 22.8. The van der Waals surface area contributed by atoms with Crippen LogP contribution in [0.2, 0.25) is 0 Å². The fourth-order valence-corrected chi connectivity index (χ4v) is 4.14. The third-order valence-electron chi connectivity index (χ3n) is 5.70. The number of rotatable bonds is 5. The first-order chi connectivity index (χ1) is 14.7. The number of nitrogens with one attached hydrogen (secondary N) is 1. The average molecular weight is 430 g/mol. The Hall–Kier alpha value is -2.90. The Labute approximate surface area is 182 Å². The summed E-state index contributed by atoms with van der Waals surface area (Å²) in [5.41, 5.74) is 1.35. The van der Waals surface area contributed by atoms with Gasteiger partial charge in [-0.25, -0.2) is 4.79 Å². The zero-order valence-electron chi connectivity index (χ0n) is 18.4. The summed E-state index contributed by atoms with van der Waals surface area (Å²) in [6, 6.07) is 7.84. The molecule has 8 heteroatoms. The smallest absolute Gasteiger partial charge is 0.410 e. The lowest BCUT2D eigenvalue weighted by Crippen LogP contribution is -2.49. The van der Waals surface area contributed by atoms with Crippen molar-refractivity contribution in [2.45, 2.75) is 64.0 Å². The van der Waals surface area contributed by atoms with Gasteiger partial charge in [0, 0.05) is 31.2 Å². The number of hydrogen-bond acceptors (Lipinski definition) is 6. The maximum absolute atomic E-state index is 12.5. The van der Waals surface area contributed by atoms with Gasteiger partial charge in [0.2, 0.25) is 11.8 Å². The van der Waals surface area contributed by atoms with Crippen molar-refractivity contribution < 1.29 is 23.9 Å². The second kappa shape index (κ2) is 9.49. The molecule has 1 atom stereocenters. The largest absolute Gasteiger partial charge is 0.444 e. The predicted octanol–water partition coefficient (Wildman–Crippen LogP) is 2.61. The fourth-order valence-electron chi connectivity index (χ4n) is 4.14. The van der Waals surface area contributed by atoms with Gasteiger partial charge >= 0.3 is 6.09 Å². The van der Waals surface area contributed by atoms with Crippen LogP contribution in [0.15, 0.2) is 24.3 Å². The van der Waals surface area contributed by atoms with Crippen molar-refractivity contribution in [1.29, 1.82) is 0 Å². The number of imide groups is 1. The minimum Gasteiger partial charge on any atom is -0.444 e. The normalized spacial score (nSPS) is 20.2. The van der Waals surface area contributed by atoms with Gasteiger partial charge in [-0.05, 0) is 57.7 Å². The highest BCUT2D eigenvalue weighted by molar-refractivity contribution is 6.00. The molecule has 3 amide bonds. The first-order valence-corrected chi connectivity index (χ1v) is 10.8. The molecule has 8 nitrogen and oxygen atoms in total. The molecule has 2 aliphatic rings. The third kappa shape index (κ3) is 5.83. The van der Waals surface area contributed by atoms with E-state index in [1.54, 1.807) is 0 Å². The maximum Gasteiger partial charge on any atom is 0.410 e. The van der Waals surface area contributed by atoms with E-state index in [1.807, 2.05) is 45.0 Å². The average Bonchev–Trinajstić information content (AvgIpc) is 2.71. The molecule has 2 heterocycles. The first-order valence-electron chi connectivity index (χ1n) is 10.8. The quantitative estimate of drug-likeness (QED) is 0.571. The number of carbonyl (C=O) groups excluding carboxylic acids is 4. The second-order valence-corrected chi connectivity index (χ2v) is 9.11. The highest BCUT2D eigenvalue weighted by Gasteiger charge is 2.31. The van der Waals surface area contributed by atoms with Crippen LogP contribution in [0.1, 0.15) is 57.9 Å². The van der Waals surface area contributed by atoms with E-state index in [9.17, 15) is 19.2 Å². The molecular weight excluding hydrogens is 398 g/mol. The summed E-state index contributed by atoms with van der Waals surface area (Å²) in [5, 5.41) is 2.40. The third-order valence-corrected chi connectivity index (χ3v) is 5.70. The summed E-state index contributed by atoms with van der Waals surface area (Å²) in [6.07, 6.45) is 2.66. The molecule has 0 bridgehead atoms. The van der Waals surface area contributed by atoms with E-state index in [2.05, 4.69) is 10.2 Å². The lowest BCUT2D eigenvalue weighted by atomic mass is 9.90. The lowest BCUT2D eigenvalue weighted by Gasteiger charge is -2.39. The van der Waals surface area contributed by atoms with Gasteiger partial charge in [0.25, 0.3) is 0 Å². The van der Waals surface area contributed by atoms with Crippen molar-refractivity contribution in [2.24, 2.45) is 0 Å². The van der Waals surface area contributed by atoms with Crippen LogP contribution < -0.4 is 10.2 Å². The molecule has 0 aromatic heterocycles. The van der Waals surface area contributed by atoms with Crippen molar-refractivity contribution in [3.05, 3.63) is 29.8 Å². The Morgan fingerprint density at radius 2 is 1.81 bits per heavy atom. The molecule has 0 saturated carbocycles.